The van der Waals surface area contributed by atoms with Crippen molar-refractivity contribution in [3.8, 4) is 11.5 Å². The van der Waals surface area contributed by atoms with Gasteiger partial charge in [-0.3, -0.25) is 0 Å². The minimum atomic E-state index is 0.966. The molecule has 0 radical (unpaired) electrons. The summed E-state index contributed by atoms with van der Waals surface area (Å²) in [6.07, 6.45) is 4.05. The molecule has 0 spiro atoms. The maximum atomic E-state index is 4.24. The fraction of sp³-hybridized carbons (Fsp3) is 0.231. The number of aromatic amines is 1. The second-order valence-corrected chi connectivity index (χ2v) is 4.48. The van der Waals surface area contributed by atoms with Gasteiger partial charge >= 0.3 is 0 Å². The summed E-state index contributed by atoms with van der Waals surface area (Å²) in [5, 5.41) is 9.56. The van der Waals surface area contributed by atoms with Gasteiger partial charge in [0.15, 0.2) is 5.82 Å². The molecule has 0 unspecified atom stereocenters. The average molecular weight is 224 g/mol. The lowest BCUT2D eigenvalue weighted by atomic mass is 10.1. The number of benzene rings is 1. The van der Waals surface area contributed by atoms with E-state index in [0.717, 1.165) is 30.9 Å². The summed E-state index contributed by atoms with van der Waals surface area (Å²) in [5.74, 6) is 0.966. The van der Waals surface area contributed by atoms with Crippen molar-refractivity contribution in [2.45, 2.75) is 19.4 Å². The van der Waals surface area contributed by atoms with Gasteiger partial charge in [-0.2, -0.15) is 0 Å². The van der Waals surface area contributed by atoms with Gasteiger partial charge in [-0.05, 0) is 24.5 Å². The van der Waals surface area contributed by atoms with Gasteiger partial charge in [0.1, 0.15) is 6.33 Å². The lowest BCUT2D eigenvalue weighted by Crippen LogP contribution is -1.96. The fourth-order valence-electron chi connectivity index (χ4n) is 2.69. The maximum absolute atomic E-state index is 4.24. The molecule has 4 nitrogen and oxygen atoms in total. The standard InChI is InChI=1S/C13H12N4/c1-2-6-11-9(4-1)10-5-3-7-17-8-14-16-13(17)12(10)15-11/h1-2,4,6,8,15H,3,5,7H2. The topological polar surface area (TPSA) is 46.5 Å². The van der Waals surface area contributed by atoms with Crippen LogP contribution in [0, 0.1) is 0 Å². The zero-order chi connectivity index (χ0) is 11.2. The van der Waals surface area contributed by atoms with E-state index in [1.54, 1.807) is 0 Å². The quantitative estimate of drug-likeness (QED) is 0.637. The van der Waals surface area contributed by atoms with Crippen LogP contribution < -0.4 is 0 Å². The third kappa shape index (κ3) is 1.18. The number of nitrogens with zero attached hydrogens (tertiary/aromatic N) is 3. The largest absolute Gasteiger partial charge is 0.352 e. The third-order valence-electron chi connectivity index (χ3n) is 3.48. The summed E-state index contributed by atoms with van der Waals surface area (Å²) in [6.45, 7) is 0.999. The van der Waals surface area contributed by atoms with Crippen LogP contribution in [0.2, 0.25) is 0 Å². The van der Waals surface area contributed by atoms with E-state index in [1.807, 2.05) is 6.33 Å². The minimum absolute atomic E-state index is 0.966. The molecule has 3 aromatic rings. The molecule has 1 aliphatic heterocycles. The smallest absolute Gasteiger partial charge is 0.180 e. The number of hydrogen-bond donors (Lipinski definition) is 1. The van der Waals surface area contributed by atoms with Crippen LogP contribution in [0.5, 0.6) is 0 Å². The van der Waals surface area contributed by atoms with E-state index in [4.69, 9.17) is 0 Å². The van der Waals surface area contributed by atoms with Crippen LogP contribution in [-0.4, -0.2) is 19.7 Å². The first-order valence-corrected chi connectivity index (χ1v) is 5.91. The zero-order valence-electron chi connectivity index (χ0n) is 9.35. The Morgan fingerprint density at radius 1 is 1.24 bits per heavy atom. The Kier molecular flexibility index (Phi) is 1.69. The third-order valence-corrected chi connectivity index (χ3v) is 3.48. The summed E-state index contributed by atoms with van der Waals surface area (Å²) in [5.41, 5.74) is 3.71. The van der Waals surface area contributed by atoms with Crippen LogP contribution in [0.4, 0.5) is 0 Å². The van der Waals surface area contributed by atoms with E-state index < -0.39 is 0 Å². The highest BCUT2D eigenvalue weighted by molar-refractivity contribution is 5.89. The number of H-pyrrole nitrogens is 1. The average Bonchev–Trinajstić information content (AvgIpc) is 2.91. The fourth-order valence-corrected chi connectivity index (χ4v) is 2.69. The Bertz CT molecular complexity index is 692. The van der Waals surface area contributed by atoms with Crippen molar-refractivity contribution in [1.29, 1.82) is 0 Å². The maximum Gasteiger partial charge on any atom is 0.180 e. The number of aryl methyl sites for hydroxylation is 2. The van der Waals surface area contributed by atoms with E-state index >= 15 is 0 Å². The van der Waals surface area contributed by atoms with Crippen LogP contribution in [0.15, 0.2) is 30.6 Å². The van der Waals surface area contributed by atoms with Gasteiger partial charge < -0.3 is 9.55 Å². The molecule has 1 N–H and O–H groups in total. The molecule has 4 rings (SSSR count). The van der Waals surface area contributed by atoms with Crippen molar-refractivity contribution in [2.75, 3.05) is 0 Å². The van der Waals surface area contributed by atoms with E-state index in [-0.39, 0.29) is 0 Å². The van der Waals surface area contributed by atoms with Crippen molar-refractivity contribution in [1.82, 2.24) is 19.7 Å². The predicted octanol–water partition coefficient (Wildman–Crippen LogP) is 2.37. The molecule has 0 atom stereocenters. The van der Waals surface area contributed by atoms with Crippen LogP contribution >= 0.6 is 0 Å². The first kappa shape index (κ1) is 8.98. The zero-order valence-corrected chi connectivity index (χ0v) is 9.35. The molecule has 1 aliphatic rings. The normalized spacial score (nSPS) is 14.4. The SMILES string of the molecule is c1ccc2c3c([nH]c2c1)-c1nncn1CCC3. The molecular weight excluding hydrogens is 212 g/mol. The highest BCUT2D eigenvalue weighted by atomic mass is 15.3. The molecule has 2 aromatic heterocycles. The highest BCUT2D eigenvalue weighted by Gasteiger charge is 2.19. The van der Waals surface area contributed by atoms with Gasteiger partial charge in [0.25, 0.3) is 0 Å². The van der Waals surface area contributed by atoms with Crippen LogP contribution in [0.3, 0.4) is 0 Å². The summed E-state index contributed by atoms with van der Waals surface area (Å²) < 4.78 is 2.13. The lowest BCUT2D eigenvalue weighted by molar-refractivity contribution is 0.659. The van der Waals surface area contributed by atoms with Gasteiger partial charge in [0, 0.05) is 17.4 Å². The summed E-state index contributed by atoms with van der Waals surface area (Å²) in [4.78, 5) is 3.48. The summed E-state index contributed by atoms with van der Waals surface area (Å²) in [7, 11) is 0. The summed E-state index contributed by atoms with van der Waals surface area (Å²) >= 11 is 0. The Morgan fingerprint density at radius 3 is 3.18 bits per heavy atom. The van der Waals surface area contributed by atoms with E-state index in [2.05, 4.69) is 44.0 Å². The van der Waals surface area contributed by atoms with E-state index in [9.17, 15) is 0 Å². The Morgan fingerprint density at radius 2 is 2.18 bits per heavy atom. The molecule has 0 fully saturated rings. The molecule has 84 valence electrons. The number of rotatable bonds is 0. The van der Waals surface area contributed by atoms with Crippen LogP contribution in [0.25, 0.3) is 22.4 Å². The molecular formula is C13H12N4. The number of nitrogens with one attached hydrogen (secondary N) is 1. The van der Waals surface area contributed by atoms with Crippen molar-refractivity contribution in [3.63, 3.8) is 0 Å². The van der Waals surface area contributed by atoms with Crippen molar-refractivity contribution in [2.24, 2.45) is 0 Å². The van der Waals surface area contributed by atoms with Gasteiger partial charge in [-0.1, -0.05) is 18.2 Å². The van der Waals surface area contributed by atoms with E-state index in [1.165, 1.54) is 16.5 Å². The predicted molar refractivity (Wildman–Crippen MR) is 65.6 cm³/mol. The second-order valence-electron chi connectivity index (χ2n) is 4.48. The Balaban J connectivity index is 2.10. The molecule has 0 bridgehead atoms. The van der Waals surface area contributed by atoms with Gasteiger partial charge in [-0.25, -0.2) is 0 Å². The highest BCUT2D eigenvalue weighted by Crippen LogP contribution is 2.32. The number of para-hydroxylation sites is 1. The molecule has 1 aromatic carbocycles. The Hall–Kier alpha value is -2.10. The van der Waals surface area contributed by atoms with Gasteiger partial charge in [0.2, 0.25) is 0 Å². The lowest BCUT2D eigenvalue weighted by Gasteiger charge is -1.99. The summed E-state index contributed by atoms with van der Waals surface area (Å²) in [6, 6.07) is 8.44. The molecule has 0 saturated carbocycles. The van der Waals surface area contributed by atoms with E-state index in [0.29, 0.717) is 0 Å². The van der Waals surface area contributed by atoms with Crippen molar-refractivity contribution < 1.29 is 0 Å². The van der Waals surface area contributed by atoms with Crippen molar-refractivity contribution >= 4 is 10.9 Å². The number of hydrogen-bond acceptors (Lipinski definition) is 2. The van der Waals surface area contributed by atoms with Gasteiger partial charge in [0.05, 0.1) is 5.69 Å². The molecule has 17 heavy (non-hydrogen) atoms. The number of aromatic nitrogens is 4. The molecule has 3 heterocycles. The van der Waals surface area contributed by atoms with Gasteiger partial charge in [-0.15, -0.1) is 10.2 Å². The van der Waals surface area contributed by atoms with Crippen LogP contribution in [0.1, 0.15) is 12.0 Å². The van der Waals surface area contributed by atoms with Crippen LogP contribution in [-0.2, 0) is 13.0 Å². The second kappa shape index (κ2) is 3.20. The molecule has 4 heteroatoms. The molecule has 0 aliphatic carbocycles. The Labute approximate surface area is 98.3 Å². The molecule has 0 amide bonds. The molecule has 0 saturated heterocycles. The number of fused-ring (bicyclic) bond motifs is 5. The first-order chi connectivity index (χ1) is 8.43. The van der Waals surface area contributed by atoms with Crippen molar-refractivity contribution in [3.05, 3.63) is 36.2 Å². The monoisotopic (exact) mass is 224 g/mol. The minimum Gasteiger partial charge on any atom is -0.352 e. The first-order valence-electron chi connectivity index (χ1n) is 5.91.